The molecule has 0 aliphatic heterocycles. The number of hydrogen-bond acceptors (Lipinski definition) is 3. The van der Waals surface area contributed by atoms with Crippen molar-refractivity contribution in [2.24, 2.45) is 5.92 Å². The molecule has 0 aliphatic rings. The molecule has 17 heavy (non-hydrogen) atoms. The van der Waals surface area contributed by atoms with E-state index in [-0.39, 0.29) is 18.5 Å². The first-order valence-corrected chi connectivity index (χ1v) is 5.91. The van der Waals surface area contributed by atoms with Gasteiger partial charge in [0.2, 0.25) is 5.91 Å². The number of rotatable bonds is 4. The summed E-state index contributed by atoms with van der Waals surface area (Å²) in [6, 6.07) is 0.164. The molecule has 0 bridgehead atoms. The molecule has 0 saturated carbocycles. The average molecular weight is 238 g/mol. The molecule has 0 spiro atoms. The molecule has 1 heterocycles. The third kappa shape index (κ3) is 3.22. The van der Waals surface area contributed by atoms with E-state index in [4.69, 9.17) is 5.73 Å². The lowest BCUT2D eigenvalue weighted by Crippen LogP contribution is -2.38. The third-order valence-electron chi connectivity index (χ3n) is 3.12. The molecule has 1 unspecified atom stereocenters. The van der Waals surface area contributed by atoms with E-state index in [1.807, 2.05) is 20.8 Å². The highest BCUT2D eigenvalue weighted by Gasteiger charge is 2.14. The van der Waals surface area contributed by atoms with Gasteiger partial charge in [0.1, 0.15) is 6.54 Å². The quantitative estimate of drug-likeness (QED) is 0.829. The number of nitrogens with one attached hydrogen (secondary N) is 1. The maximum Gasteiger partial charge on any atom is 0.241 e. The van der Waals surface area contributed by atoms with Crippen LogP contribution in [-0.4, -0.2) is 21.7 Å². The first kappa shape index (κ1) is 13.5. The zero-order valence-electron chi connectivity index (χ0n) is 11.2. The maximum atomic E-state index is 11.8. The largest absolute Gasteiger partial charge is 0.396 e. The van der Waals surface area contributed by atoms with Crippen molar-refractivity contribution >= 4 is 11.6 Å². The Morgan fingerprint density at radius 1 is 1.41 bits per heavy atom. The molecule has 1 amide bonds. The first-order chi connectivity index (χ1) is 7.82. The Morgan fingerprint density at radius 3 is 2.41 bits per heavy atom. The Kier molecular flexibility index (Phi) is 4.15. The highest BCUT2D eigenvalue weighted by Crippen LogP contribution is 2.14. The third-order valence-corrected chi connectivity index (χ3v) is 3.12. The second-order valence-electron chi connectivity index (χ2n) is 4.84. The van der Waals surface area contributed by atoms with Gasteiger partial charge in [-0.1, -0.05) is 13.8 Å². The van der Waals surface area contributed by atoms with E-state index >= 15 is 0 Å². The molecule has 3 N–H and O–H groups in total. The molecule has 0 fully saturated rings. The van der Waals surface area contributed by atoms with Crippen LogP contribution >= 0.6 is 0 Å². The van der Waals surface area contributed by atoms with Crippen LogP contribution in [0.2, 0.25) is 0 Å². The van der Waals surface area contributed by atoms with Gasteiger partial charge in [0.25, 0.3) is 0 Å². The zero-order valence-corrected chi connectivity index (χ0v) is 11.2. The predicted molar refractivity (Wildman–Crippen MR) is 68.6 cm³/mol. The van der Waals surface area contributed by atoms with E-state index in [9.17, 15) is 4.79 Å². The standard InChI is InChI=1S/C12H22N4O/c1-7(2)8(3)14-11(17)6-16-10(5)12(13)9(4)15-16/h7-8H,6,13H2,1-5H3,(H,14,17). The minimum atomic E-state index is -0.0307. The summed E-state index contributed by atoms with van der Waals surface area (Å²) in [6.45, 7) is 10.1. The number of aryl methyl sites for hydroxylation is 1. The van der Waals surface area contributed by atoms with Crippen LogP contribution in [0.3, 0.4) is 0 Å². The van der Waals surface area contributed by atoms with Gasteiger partial charge < -0.3 is 11.1 Å². The Labute approximate surface area is 102 Å². The fourth-order valence-electron chi connectivity index (χ4n) is 1.47. The van der Waals surface area contributed by atoms with E-state index in [1.165, 1.54) is 0 Å². The van der Waals surface area contributed by atoms with Gasteiger partial charge in [-0.3, -0.25) is 9.48 Å². The van der Waals surface area contributed by atoms with Gasteiger partial charge in [-0.15, -0.1) is 0 Å². The molecular formula is C12H22N4O. The van der Waals surface area contributed by atoms with Crippen LogP contribution in [0.4, 0.5) is 5.69 Å². The Bertz CT molecular complexity index is 409. The average Bonchev–Trinajstić information content (AvgIpc) is 2.46. The van der Waals surface area contributed by atoms with Gasteiger partial charge in [-0.25, -0.2) is 0 Å². The fourth-order valence-corrected chi connectivity index (χ4v) is 1.47. The number of carbonyl (C=O) groups is 1. The lowest BCUT2D eigenvalue weighted by molar-refractivity contribution is -0.122. The molecule has 5 nitrogen and oxygen atoms in total. The number of aromatic nitrogens is 2. The number of hydrogen-bond donors (Lipinski definition) is 2. The second-order valence-corrected chi connectivity index (χ2v) is 4.84. The van der Waals surface area contributed by atoms with Crippen molar-refractivity contribution in [3.05, 3.63) is 11.4 Å². The highest BCUT2D eigenvalue weighted by molar-refractivity contribution is 5.76. The highest BCUT2D eigenvalue weighted by atomic mass is 16.2. The Hall–Kier alpha value is -1.52. The van der Waals surface area contributed by atoms with Crippen LogP contribution in [-0.2, 0) is 11.3 Å². The van der Waals surface area contributed by atoms with Crippen LogP contribution in [0.5, 0.6) is 0 Å². The van der Waals surface area contributed by atoms with Crippen molar-refractivity contribution in [1.29, 1.82) is 0 Å². The number of nitrogens with two attached hydrogens (primary N) is 1. The first-order valence-electron chi connectivity index (χ1n) is 5.91. The summed E-state index contributed by atoms with van der Waals surface area (Å²) in [7, 11) is 0. The number of nitrogen functional groups attached to an aromatic ring is 1. The molecule has 0 aromatic carbocycles. The predicted octanol–water partition coefficient (Wildman–Crippen LogP) is 1.24. The molecule has 1 aromatic rings. The van der Waals surface area contributed by atoms with E-state index in [2.05, 4.69) is 24.3 Å². The van der Waals surface area contributed by atoms with Crippen LogP contribution < -0.4 is 11.1 Å². The lowest BCUT2D eigenvalue weighted by Gasteiger charge is -2.17. The Morgan fingerprint density at radius 2 is 2.00 bits per heavy atom. The zero-order chi connectivity index (χ0) is 13.2. The van der Waals surface area contributed by atoms with Gasteiger partial charge in [0, 0.05) is 6.04 Å². The van der Waals surface area contributed by atoms with Crippen molar-refractivity contribution in [1.82, 2.24) is 15.1 Å². The number of amides is 1. The van der Waals surface area contributed by atoms with E-state index in [0.717, 1.165) is 11.4 Å². The van der Waals surface area contributed by atoms with Crippen LogP contribution in [0.25, 0.3) is 0 Å². The van der Waals surface area contributed by atoms with Gasteiger partial charge >= 0.3 is 0 Å². The summed E-state index contributed by atoms with van der Waals surface area (Å²) >= 11 is 0. The Balaban J connectivity index is 2.65. The normalized spacial score (nSPS) is 12.8. The van der Waals surface area contributed by atoms with Gasteiger partial charge in [0.15, 0.2) is 0 Å². The van der Waals surface area contributed by atoms with Gasteiger partial charge in [-0.2, -0.15) is 5.10 Å². The summed E-state index contributed by atoms with van der Waals surface area (Å²) in [5.74, 6) is 0.390. The topological polar surface area (TPSA) is 72.9 Å². The molecule has 0 saturated heterocycles. The van der Waals surface area contributed by atoms with Gasteiger partial charge in [0.05, 0.1) is 17.1 Å². The van der Waals surface area contributed by atoms with Crippen molar-refractivity contribution < 1.29 is 4.79 Å². The van der Waals surface area contributed by atoms with E-state index in [0.29, 0.717) is 11.6 Å². The van der Waals surface area contributed by atoms with Crippen molar-refractivity contribution in [2.75, 3.05) is 5.73 Å². The van der Waals surface area contributed by atoms with E-state index in [1.54, 1.807) is 4.68 Å². The number of nitrogens with zero attached hydrogens (tertiary/aromatic N) is 2. The lowest BCUT2D eigenvalue weighted by atomic mass is 10.1. The summed E-state index contributed by atoms with van der Waals surface area (Å²) in [6.07, 6.45) is 0. The SMILES string of the molecule is Cc1nn(CC(=O)NC(C)C(C)C)c(C)c1N. The fraction of sp³-hybridized carbons (Fsp3) is 0.667. The monoisotopic (exact) mass is 238 g/mol. The molecule has 0 aliphatic carbocycles. The van der Waals surface area contributed by atoms with Gasteiger partial charge in [-0.05, 0) is 26.7 Å². The molecule has 1 aromatic heterocycles. The smallest absolute Gasteiger partial charge is 0.241 e. The minimum Gasteiger partial charge on any atom is -0.396 e. The molecule has 96 valence electrons. The van der Waals surface area contributed by atoms with Crippen molar-refractivity contribution in [3.8, 4) is 0 Å². The van der Waals surface area contributed by atoms with E-state index < -0.39 is 0 Å². The summed E-state index contributed by atoms with van der Waals surface area (Å²) in [4.78, 5) is 11.8. The van der Waals surface area contributed by atoms with Crippen LogP contribution in [0.15, 0.2) is 0 Å². The molecular weight excluding hydrogens is 216 g/mol. The molecule has 0 radical (unpaired) electrons. The summed E-state index contributed by atoms with van der Waals surface area (Å²) in [5, 5.41) is 7.18. The number of anilines is 1. The molecule has 1 rings (SSSR count). The summed E-state index contributed by atoms with van der Waals surface area (Å²) < 4.78 is 1.65. The molecule has 1 atom stereocenters. The van der Waals surface area contributed by atoms with Crippen LogP contribution in [0.1, 0.15) is 32.2 Å². The van der Waals surface area contributed by atoms with Crippen LogP contribution in [0, 0.1) is 19.8 Å². The maximum absolute atomic E-state index is 11.8. The van der Waals surface area contributed by atoms with Crippen molar-refractivity contribution in [3.63, 3.8) is 0 Å². The summed E-state index contributed by atoms with van der Waals surface area (Å²) in [5.41, 5.74) is 8.09. The minimum absolute atomic E-state index is 0.0307. The molecule has 5 heteroatoms. The van der Waals surface area contributed by atoms with Crippen molar-refractivity contribution in [2.45, 2.75) is 47.2 Å². The number of carbonyl (C=O) groups excluding carboxylic acids is 1. The second kappa shape index (κ2) is 5.21.